The van der Waals surface area contributed by atoms with Gasteiger partial charge in [0.15, 0.2) is 0 Å². The normalized spacial score (nSPS) is 30.9. The van der Waals surface area contributed by atoms with Gasteiger partial charge in [-0.3, -0.25) is 9.69 Å². The van der Waals surface area contributed by atoms with E-state index in [0.717, 1.165) is 13.1 Å². The monoisotopic (exact) mass is 253 g/mol. The van der Waals surface area contributed by atoms with E-state index in [0.29, 0.717) is 12.1 Å². The third-order valence-corrected chi connectivity index (χ3v) is 3.98. The molecule has 0 aliphatic carbocycles. The average Bonchev–Trinajstić information content (AvgIpc) is 2.55. The summed E-state index contributed by atoms with van der Waals surface area (Å²) in [6, 6.07) is 1.24. The summed E-state index contributed by atoms with van der Waals surface area (Å²) >= 11 is 0. The first-order chi connectivity index (χ1) is 8.35. The van der Waals surface area contributed by atoms with Crippen LogP contribution < -0.4 is 10.6 Å². The van der Waals surface area contributed by atoms with E-state index >= 15 is 0 Å². The van der Waals surface area contributed by atoms with E-state index < -0.39 is 0 Å². The van der Waals surface area contributed by atoms with Crippen LogP contribution >= 0.6 is 0 Å². The lowest BCUT2D eigenvalue weighted by molar-refractivity contribution is -0.127. The first kappa shape index (κ1) is 13.8. The van der Waals surface area contributed by atoms with Crippen LogP contribution in [-0.4, -0.2) is 47.6 Å². The molecule has 2 N–H and O–H groups in total. The van der Waals surface area contributed by atoms with Crippen LogP contribution in [0, 0.1) is 0 Å². The summed E-state index contributed by atoms with van der Waals surface area (Å²) in [5, 5.41) is 6.73. The topological polar surface area (TPSA) is 44.4 Å². The molecule has 18 heavy (non-hydrogen) atoms. The third-order valence-electron chi connectivity index (χ3n) is 3.98. The van der Waals surface area contributed by atoms with E-state index in [2.05, 4.69) is 15.5 Å². The highest BCUT2D eigenvalue weighted by molar-refractivity contribution is 5.81. The zero-order chi connectivity index (χ0) is 13.3. The summed E-state index contributed by atoms with van der Waals surface area (Å²) in [6.07, 6.45) is 3.74. The standard InChI is InChI=1S/C14H27N3O/c1-10(13(18)16-14(2,3)4)17-8-7-11-5-6-12(9-17)15-11/h10-12,15H,5-9H2,1-4H3,(H,16,18). The fraction of sp³-hybridized carbons (Fsp3) is 0.929. The molecule has 2 saturated heterocycles. The van der Waals surface area contributed by atoms with Gasteiger partial charge in [0.05, 0.1) is 6.04 Å². The van der Waals surface area contributed by atoms with E-state index in [4.69, 9.17) is 0 Å². The first-order valence-electron chi connectivity index (χ1n) is 7.17. The molecule has 4 nitrogen and oxygen atoms in total. The minimum atomic E-state index is -0.144. The summed E-state index contributed by atoms with van der Waals surface area (Å²) in [5.41, 5.74) is -0.144. The Bertz CT molecular complexity index is 311. The molecule has 104 valence electrons. The van der Waals surface area contributed by atoms with Crippen LogP contribution in [0.5, 0.6) is 0 Å². The number of carbonyl (C=O) groups excluding carboxylic acids is 1. The van der Waals surface area contributed by atoms with Gasteiger partial charge in [-0.2, -0.15) is 0 Å². The van der Waals surface area contributed by atoms with Crippen molar-refractivity contribution in [2.45, 2.75) is 70.6 Å². The molecule has 2 heterocycles. The van der Waals surface area contributed by atoms with Crippen LogP contribution in [0.2, 0.25) is 0 Å². The van der Waals surface area contributed by atoms with Crippen molar-refractivity contribution >= 4 is 5.91 Å². The molecule has 0 aromatic rings. The van der Waals surface area contributed by atoms with Gasteiger partial charge in [-0.05, 0) is 47.0 Å². The number of rotatable bonds is 2. The maximum absolute atomic E-state index is 12.2. The Morgan fingerprint density at radius 3 is 2.61 bits per heavy atom. The predicted molar refractivity (Wildman–Crippen MR) is 73.5 cm³/mol. The molecule has 0 spiro atoms. The van der Waals surface area contributed by atoms with Crippen LogP contribution in [0.3, 0.4) is 0 Å². The van der Waals surface area contributed by atoms with E-state index in [1.54, 1.807) is 0 Å². The molecule has 2 bridgehead atoms. The molecular formula is C14H27N3O. The average molecular weight is 253 g/mol. The third kappa shape index (κ3) is 3.45. The number of hydrogen-bond donors (Lipinski definition) is 2. The molecule has 2 aliphatic heterocycles. The lowest BCUT2D eigenvalue weighted by atomic mass is 10.1. The second-order valence-corrected chi connectivity index (χ2v) is 6.84. The van der Waals surface area contributed by atoms with Gasteiger partial charge < -0.3 is 10.6 Å². The fourth-order valence-corrected chi connectivity index (χ4v) is 2.96. The van der Waals surface area contributed by atoms with Gasteiger partial charge in [0.25, 0.3) is 0 Å². The van der Waals surface area contributed by atoms with Crippen molar-refractivity contribution in [2.75, 3.05) is 13.1 Å². The first-order valence-corrected chi connectivity index (χ1v) is 7.17. The Morgan fingerprint density at radius 1 is 1.28 bits per heavy atom. The van der Waals surface area contributed by atoms with Gasteiger partial charge in [-0.25, -0.2) is 0 Å². The number of nitrogens with one attached hydrogen (secondary N) is 2. The minimum Gasteiger partial charge on any atom is -0.350 e. The van der Waals surface area contributed by atoms with Crippen molar-refractivity contribution in [3.8, 4) is 0 Å². The molecule has 0 radical (unpaired) electrons. The maximum Gasteiger partial charge on any atom is 0.237 e. The number of carbonyl (C=O) groups is 1. The van der Waals surface area contributed by atoms with Gasteiger partial charge in [-0.15, -0.1) is 0 Å². The highest BCUT2D eigenvalue weighted by atomic mass is 16.2. The van der Waals surface area contributed by atoms with Crippen molar-refractivity contribution in [1.29, 1.82) is 0 Å². The van der Waals surface area contributed by atoms with Gasteiger partial charge >= 0.3 is 0 Å². The number of likely N-dealkylation sites (tertiary alicyclic amines) is 1. The van der Waals surface area contributed by atoms with Crippen molar-refractivity contribution in [3.05, 3.63) is 0 Å². The quantitative estimate of drug-likeness (QED) is 0.775. The minimum absolute atomic E-state index is 0.0228. The fourth-order valence-electron chi connectivity index (χ4n) is 2.96. The summed E-state index contributed by atoms with van der Waals surface area (Å²) in [6.45, 7) is 10.2. The van der Waals surface area contributed by atoms with Crippen molar-refractivity contribution in [1.82, 2.24) is 15.5 Å². The van der Waals surface area contributed by atoms with Gasteiger partial charge in [0.2, 0.25) is 5.91 Å². The predicted octanol–water partition coefficient (Wildman–Crippen LogP) is 1.12. The second kappa shape index (κ2) is 5.17. The van der Waals surface area contributed by atoms with E-state index in [9.17, 15) is 4.79 Å². The smallest absolute Gasteiger partial charge is 0.237 e. The number of hydrogen-bond acceptors (Lipinski definition) is 3. The maximum atomic E-state index is 12.2. The van der Waals surface area contributed by atoms with Gasteiger partial charge in [0.1, 0.15) is 0 Å². The Hall–Kier alpha value is -0.610. The van der Waals surface area contributed by atoms with Crippen molar-refractivity contribution in [2.24, 2.45) is 0 Å². The Balaban J connectivity index is 1.92. The second-order valence-electron chi connectivity index (χ2n) is 6.84. The van der Waals surface area contributed by atoms with Crippen LogP contribution in [0.25, 0.3) is 0 Å². The van der Waals surface area contributed by atoms with Crippen LogP contribution in [0.4, 0.5) is 0 Å². The molecule has 0 aromatic heterocycles. The van der Waals surface area contributed by atoms with Crippen LogP contribution in [0.15, 0.2) is 0 Å². The summed E-state index contributed by atoms with van der Waals surface area (Å²) in [4.78, 5) is 14.5. The van der Waals surface area contributed by atoms with E-state index in [1.165, 1.54) is 19.3 Å². The highest BCUT2D eigenvalue weighted by Crippen LogP contribution is 2.21. The summed E-state index contributed by atoms with van der Waals surface area (Å²) < 4.78 is 0. The SMILES string of the molecule is CC(C(=O)NC(C)(C)C)N1CCC2CCC(C1)N2. The zero-order valence-electron chi connectivity index (χ0n) is 12.1. The molecule has 3 unspecified atom stereocenters. The molecule has 0 aromatic carbocycles. The molecular weight excluding hydrogens is 226 g/mol. The van der Waals surface area contributed by atoms with E-state index in [-0.39, 0.29) is 17.5 Å². The number of nitrogens with zero attached hydrogens (tertiary/aromatic N) is 1. The van der Waals surface area contributed by atoms with E-state index in [1.807, 2.05) is 27.7 Å². The molecule has 2 fully saturated rings. The van der Waals surface area contributed by atoms with Gasteiger partial charge in [-0.1, -0.05) is 0 Å². The van der Waals surface area contributed by atoms with Crippen molar-refractivity contribution < 1.29 is 4.79 Å². The zero-order valence-corrected chi connectivity index (χ0v) is 12.1. The molecule has 1 amide bonds. The Labute approximate surface area is 110 Å². The molecule has 2 rings (SSSR count). The number of fused-ring (bicyclic) bond motifs is 2. The molecule has 3 atom stereocenters. The lowest BCUT2D eigenvalue weighted by Gasteiger charge is -2.31. The lowest BCUT2D eigenvalue weighted by Crippen LogP contribution is -2.52. The van der Waals surface area contributed by atoms with Crippen LogP contribution in [-0.2, 0) is 4.79 Å². The largest absolute Gasteiger partial charge is 0.350 e. The summed E-state index contributed by atoms with van der Waals surface area (Å²) in [7, 11) is 0. The molecule has 4 heteroatoms. The Kier molecular flexibility index (Phi) is 3.97. The highest BCUT2D eigenvalue weighted by Gasteiger charge is 2.33. The summed E-state index contributed by atoms with van der Waals surface area (Å²) in [5.74, 6) is 0.153. The van der Waals surface area contributed by atoms with Crippen LogP contribution in [0.1, 0.15) is 47.0 Å². The van der Waals surface area contributed by atoms with Crippen molar-refractivity contribution in [3.63, 3.8) is 0 Å². The molecule has 0 saturated carbocycles. The molecule has 2 aliphatic rings. The number of amides is 1. The Morgan fingerprint density at radius 2 is 1.94 bits per heavy atom. The van der Waals surface area contributed by atoms with Gasteiger partial charge in [0, 0.05) is 30.7 Å².